The minimum Gasteiger partial charge on any atom is -0.320 e. The quantitative estimate of drug-likeness (QED) is 0.514. The third-order valence-electron chi connectivity index (χ3n) is 3.00. The van der Waals surface area contributed by atoms with Crippen LogP contribution in [0, 0.1) is 0 Å². The molecule has 1 aromatic heterocycles. The van der Waals surface area contributed by atoms with Gasteiger partial charge in [0.25, 0.3) is 5.91 Å². The molecule has 0 radical (unpaired) electrons. The summed E-state index contributed by atoms with van der Waals surface area (Å²) in [4.78, 5) is 12.8. The second kappa shape index (κ2) is 6.26. The van der Waals surface area contributed by atoms with Crippen LogP contribution >= 0.6 is 57.7 Å². The van der Waals surface area contributed by atoms with Crippen LogP contribution in [-0.4, -0.2) is 5.91 Å². The highest BCUT2D eigenvalue weighted by atomic mass is 35.5. The van der Waals surface area contributed by atoms with Gasteiger partial charge in [-0.15, -0.1) is 11.3 Å². The van der Waals surface area contributed by atoms with Gasteiger partial charge in [-0.05, 0) is 24.3 Å². The molecule has 2 nitrogen and oxygen atoms in total. The Bertz CT molecular complexity index is 891. The standard InChI is InChI=1S/C15H7Cl4NOS/c16-7-4-5-8-11(6-7)22-14(12(8)18)15(21)20-10-3-1-2-9(17)13(10)19/h1-6H,(H,20,21). The van der Waals surface area contributed by atoms with Gasteiger partial charge in [0.2, 0.25) is 0 Å². The number of amides is 1. The molecule has 0 bridgehead atoms. The number of halogens is 4. The monoisotopic (exact) mass is 389 g/mol. The van der Waals surface area contributed by atoms with Crippen molar-refractivity contribution in [1.29, 1.82) is 0 Å². The molecule has 112 valence electrons. The minimum atomic E-state index is -0.341. The molecule has 1 amide bonds. The maximum Gasteiger partial charge on any atom is 0.267 e. The molecule has 0 unspecified atom stereocenters. The zero-order valence-electron chi connectivity index (χ0n) is 10.8. The zero-order chi connectivity index (χ0) is 15.9. The summed E-state index contributed by atoms with van der Waals surface area (Å²) < 4.78 is 0.847. The Morgan fingerprint density at radius 1 is 1.00 bits per heavy atom. The van der Waals surface area contributed by atoms with Crippen molar-refractivity contribution in [1.82, 2.24) is 0 Å². The molecule has 0 aliphatic rings. The first-order valence-corrected chi connectivity index (χ1v) is 8.43. The smallest absolute Gasteiger partial charge is 0.267 e. The van der Waals surface area contributed by atoms with Crippen molar-refractivity contribution >= 4 is 79.4 Å². The number of nitrogens with one attached hydrogen (secondary N) is 1. The van der Waals surface area contributed by atoms with E-state index in [-0.39, 0.29) is 10.9 Å². The summed E-state index contributed by atoms with van der Waals surface area (Å²) in [5, 5.41) is 5.16. The summed E-state index contributed by atoms with van der Waals surface area (Å²) in [5.74, 6) is -0.341. The number of rotatable bonds is 2. The average Bonchev–Trinajstić information content (AvgIpc) is 2.80. The van der Waals surface area contributed by atoms with Crippen molar-refractivity contribution in [2.45, 2.75) is 0 Å². The lowest BCUT2D eigenvalue weighted by Crippen LogP contribution is -2.11. The number of thiophene rings is 1. The number of carbonyl (C=O) groups excluding carboxylic acids is 1. The fraction of sp³-hybridized carbons (Fsp3) is 0. The molecule has 7 heteroatoms. The molecule has 0 atom stereocenters. The van der Waals surface area contributed by atoms with E-state index < -0.39 is 0 Å². The lowest BCUT2D eigenvalue weighted by Gasteiger charge is -2.07. The summed E-state index contributed by atoms with van der Waals surface area (Å²) >= 11 is 25.5. The number of carbonyl (C=O) groups is 1. The average molecular weight is 391 g/mol. The molecule has 1 heterocycles. The van der Waals surface area contributed by atoms with Gasteiger partial charge < -0.3 is 5.32 Å². The molecule has 1 N–H and O–H groups in total. The van der Waals surface area contributed by atoms with Gasteiger partial charge in [-0.3, -0.25) is 4.79 Å². The van der Waals surface area contributed by atoms with Gasteiger partial charge in [-0.2, -0.15) is 0 Å². The van der Waals surface area contributed by atoms with E-state index >= 15 is 0 Å². The number of anilines is 1. The highest BCUT2D eigenvalue weighted by molar-refractivity contribution is 7.21. The lowest BCUT2D eigenvalue weighted by atomic mass is 10.2. The third kappa shape index (κ3) is 2.92. The van der Waals surface area contributed by atoms with Crippen molar-refractivity contribution in [3.8, 4) is 0 Å². The summed E-state index contributed by atoms with van der Waals surface area (Å²) in [6, 6.07) is 10.3. The third-order valence-corrected chi connectivity index (χ3v) is 5.71. The Hall–Kier alpha value is -0.970. The Morgan fingerprint density at radius 2 is 1.77 bits per heavy atom. The van der Waals surface area contributed by atoms with Gasteiger partial charge in [-0.25, -0.2) is 0 Å². The van der Waals surface area contributed by atoms with Crippen molar-refractivity contribution in [3.63, 3.8) is 0 Å². The molecular formula is C15H7Cl4NOS. The SMILES string of the molecule is O=C(Nc1cccc(Cl)c1Cl)c1sc2cc(Cl)ccc2c1Cl. The summed E-state index contributed by atoms with van der Waals surface area (Å²) in [5.41, 5.74) is 0.436. The molecule has 3 rings (SSSR count). The van der Waals surface area contributed by atoms with Gasteiger partial charge in [0.1, 0.15) is 4.88 Å². The number of benzene rings is 2. The second-order valence-corrected chi connectivity index (χ2v) is 7.09. The number of hydrogen-bond acceptors (Lipinski definition) is 2. The van der Waals surface area contributed by atoms with Crippen LogP contribution in [0.2, 0.25) is 20.1 Å². The van der Waals surface area contributed by atoms with Crippen LogP contribution in [0.1, 0.15) is 9.67 Å². The molecule has 2 aromatic carbocycles. The van der Waals surface area contributed by atoms with Crippen LogP contribution in [0.3, 0.4) is 0 Å². The number of fused-ring (bicyclic) bond motifs is 1. The van der Waals surface area contributed by atoms with Crippen molar-refractivity contribution in [2.75, 3.05) is 5.32 Å². The van der Waals surface area contributed by atoms with E-state index in [1.807, 2.05) is 0 Å². The minimum absolute atomic E-state index is 0.290. The highest BCUT2D eigenvalue weighted by Crippen LogP contribution is 2.37. The Kier molecular flexibility index (Phi) is 4.53. The second-order valence-electron chi connectivity index (χ2n) is 4.44. The van der Waals surface area contributed by atoms with Crippen molar-refractivity contribution in [2.24, 2.45) is 0 Å². The van der Waals surface area contributed by atoms with Crippen LogP contribution < -0.4 is 5.32 Å². The molecule has 3 aromatic rings. The van der Waals surface area contributed by atoms with Gasteiger partial charge >= 0.3 is 0 Å². The van der Waals surface area contributed by atoms with Crippen molar-refractivity contribution < 1.29 is 4.79 Å². The Balaban J connectivity index is 1.99. The maximum atomic E-state index is 12.4. The summed E-state index contributed by atoms with van der Waals surface area (Å²) in [6.07, 6.45) is 0. The summed E-state index contributed by atoms with van der Waals surface area (Å²) in [6.45, 7) is 0. The van der Waals surface area contributed by atoms with E-state index in [0.29, 0.717) is 25.6 Å². The molecule has 0 aliphatic carbocycles. The molecule has 0 aliphatic heterocycles. The first-order valence-electron chi connectivity index (χ1n) is 6.10. The normalized spacial score (nSPS) is 10.9. The molecular weight excluding hydrogens is 384 g/mol. The van der Waals surface area contributed by atoms with E-state index in [9.17, 15) is 4.79 Å². The van der Waals surface area contributed by atoms with Crippen LogP contribution in [0.5, 0.6) is 0 Å². The van der Waals surface area contributed by atoms with E-state index in [1.54, 1.807) is 36.4 Å². The highest BCUT2D eigenvalue weighted by Gasteiger charge is 2.18. The molecule has 0 saturated carbocycles. The first-order chi connectivity index (χ1) is 10.5. The van der Waals surface area contributed by atoms with Crippen LogP contribution in [0.25, 0.3) is 10.1 Å². The van der Waals surface area contributed by atoms with E-state index in [2.05, 4.69) is 5.32 Å². The fourth-order valence-electron chi connectivity index (χ4n) is 1.96. The Morgan fingerprint density at radius 3 is 2.55 bits per heavy atom. The molecule has 0 fully saturated rings. The van der Waals surface area contributed by atoms with Gasteiger partial charge in [-0.1, -0.05) is 58.5 Å². The van der Waals surface area contributed by atoms with Crippen molar-refractivity contribution in [3.05, 3.63) is 61.4 Å². The fourth-order valence-corrected chi connectivity index (χ4v) is 4.00. The topological polar surface area (TPSA) is 29.1 Å². The van der Waals surface area contributed by atoms with Crippen LogP contribution in [0.4, 0.5) is 5.69 Å². The zero-order valence-corrected chi connectivity index (χ0v) is 14.6. The van der Waals surface area contributed by atoms with Crippen LogP contribution in [0.15, 0.2) is 36.4 Å². The number of hydrogen-bond donors (Lipinski definition) is 1. The van der Waals surface area contributed by atoms with E-state index in [1.165, 1.54) is 11.3 Å². The van der Waals surface area contributed by atoms with Gasteiger partial charge in [0.05, 0.1) is 20.8 Å². The van der Waals surface area contributed by atoms with E-state index in [0.717, 1.165) is 10.1 Å². The predicted molar refractivity (Wildman–Crippen MR) is 96.3 cm³/mol. The predicted octanol–water partition coefficient (Wildman–Crippen LogP) is 6.77. The summed E-state index contributed by atoms with van der Waals surface area (Å²) in [7, 11) is 0. The molecule has 22 heavy (non-hydrogen) atoms. The first kappa shape index (κ1) is 15.9. The van der Waals surface area contributed by atoms with Crippen LogP contribution in [-0.2, 0) is 0 Å². The molecule has 0 spiro atoms. The largest absolute Gasteiger partial charge is 0.320 e. The van der Waals surface area contributed by atoms with Gasteiger partial charge in [0, 0.05) is 15.1 Å². The maximum absolute atomic E-state index is 12.4. The Labute approximate surface area is 150 Å². The molecule has 0 saturated heterocycles. The lowest BCUT2D eigenvalue weighted by molar-refractivity contribution is 0.103. The van der Waals surface area contributed by atoms with Gasteiger partial charge in [0.15, 0.2) is 0 Å². The van der Waals surface area contributed by atoms with E-state index in [4.69, 9.17) is 46.4 Å².